The van der Waals surface area contributed by atoms with Gasteiger partial charge in [0.2, 0.25) is 0 Å². The lowest BCUT2D eigenvalue weighted by Crippen LogP contribution is -2.09. The number of carbonyl (C=O) groups excluding carboxylic acids is 2. The second-order valence-corrected chi connectivity index (χ2v) is 5.26. The fourth-order valence-electron chi connectivity index (χ4n) is 2.36. The zero-order chi connectivity index (χ0) is 19.3. The molecule has 0 aromatic heterocycles. The van der Waals surface area contributed by atoms with Crippen LogP contribution in [0.15, 0.2) is 42.5 Å². The van der Waals surface area contributed by atoms with Crippen molar-refractivity contribution in [2.45, 2.75) is 13.1 Å². The van der Waals surface area contributed by atoms with Crippen molar-refractivity contribution in [1.82, 2.24) is 0 Å². The maximum absolute atomic E-state index is 13.2. The number of hydrogen-bond acceptors (Lipinski definition) is 4. The second-order valence-electron chi connectivity index (χ2n) is 5.26. The van der Waals surface area contributed by atoms with Gasteiger partial charge in [0.25, 0.3) is 0 Å². The van der Waals surface area contributed by atoms with Gasteiger partial charge in [-0.25, -0.2) is 0 Å². The van der Waals surface area contributed by atoms with Crippen molar-refractivity contribution in [3.8, 4) is 11.5 Å². The molecule has 0 atom stereocenters. The van der Waals surface area contributed by atoms with Crippen molar-refractivity contribution in [3.05, 3.63) is 59.2 Å². The van der Waals surface area contributed by atoms with Gasteiger partial charge in [-0.2, -0.15) is 13.2 Å². The Bertz CT molecular complexity index is 854. The SMILES string of the molecule is COc1cc(OC(C)=O)ccc1/C=C(\C=O)c1ccccc1C(F)(F)F. The minimum atomic E-state index is -4.60. The first-order chi connectivity index (χ1) is 12.3. The summed E-state index contributed by atoms with van der Waals surface area (Å²) in [6.07, 6.45) is -2.96. The van der Waals surface area contributed by atoms with Crippen LogP contribution in [0.5, 0.6) is 11.5 Å². The molecule has 2 aromatic carbocycles. The van der Waals surface area contributed by atoms with E-state index in [4.69, 9.17) is 9.47 Å². The lowest BCUT2D eigenvalue weighted by Gasteiger charge is -2.13. The topological polar surface area (TPSA) is 52.6 Å². The van der Waals surface area contributed by atoms with E-state index in [9.17, 15) is 22.8 Å². The van der Waals surface area contributed by atoms with Crippen molar-refractivity contribution in [3.63, 3.8) is 0 Å². The summed E-state index contributed by atoms with van der Waals surface area (Å²) in [5.74, 6) is -0.0644. The number of benzene rings is 2. The van der Waals surface area contributed by atoms with E-state index in [1.54, 1.807) is 0 Å². The molecule has 0 amide bonds. The van der Waals surface area contributed by atoms with E-state index in [0.29, 0.717) is 11.8 Å². The molecule has 0 aliphatic rings. The van der Waals surface area contributed by atoms with Gasteiger partial charge in [0.1, 0.15) is 11.5 Å². The Hall–Kier alpha value is -3.09. The average Bonchev–Trinajstić information content (AvgIpc) is 2.59. The van der Waals surface area contributed by atoms with Gasteiger partial charge in [-0.1, -0.05) is 18.2 Å². The van der Waals surface area contributed by atoms with E-state index >= 15 is 0 Å². The highest BCUT2D eigenvalue weighted by Crippen LogP contribution is 2.36. The fourth-order valence-corrected chi connectivity index (χ4v) is 2.36. The van der Waals surface area contributed by atoms with E-state index in [0.717, 1.165) is 6.07 Å². The molecular formula is C19H15F3O4. The summed E-state index contributed by atoms with van der Waals surface area (Å²) in [5, 5.41) is 0. The Labute approximate surface area is 147 Å². The molecule has 0 radical (unpaired) electrons. The fraction of sp³-hybridized carbons (Fsp3) is 0.158. The van der Waals surface area contributed by atoms with Gasteiger partial charge < -0.3 is 9.47 Å². The Morgan fingerprint density at radius 3 is 2.38 bits per heavy atom. The molecular weight excluding hydrogens is 349 g/mol. The van der Waals surface area contributed by atoms with E-state index < -0.39 is 17.7 Å². The summed E-state index contributed by atoms with van der Waals surface area (Å²) in [6.45, 7) is 1.23. The monoisotopic (exact) mass is 364 g/mol. The molecule has 0 heterocycles. The van der Waals surface area contributed by atoms with Gasteiger partial charge in [0.05, 0.1) is 12.7 Å². The van der Waals surface area contributed by atoms with Crippen molar-refractivity contribution < 1.29 is 32.2 Å². The first-order valence-corrected chi connectivity index (χ1v) is 7.46. The van der Waals surface area contributed by atoms with Crippen LogP contribution in [0.25, 0.3) is 11.6 Å². The highest BCUT2D eigenvalue weighted by atomic mass is 19.4. The first-order valence-electron chi connectivity index (χ1n) is 7.46. The van der Waals surface area contributed by atoms with E-state index in [2.05, 4.69) is 0 Å². The van der Waals surface area contributed by atoms with Crippen molar-refractivity contribution in [2.24, 2.45) is 0 Å². The predicted molar refractivity (Wildman–Crippen MR) is 89.7 cm³/mol. The number of alkyl halides is 3. The van der Waals surface area contributed by atoms with Crippen LogP contribution in [-0.2, 0) is 15.8 Å². The zero-order valence-corrected chi connectivity index (χ0v) is 14.0. The number of allylic oxidation sites excluding steroid dienone is 1. The summed E-state index contributed by atoms with van der Waals surface area (Å²) >= 11 is 0. The smallest absolute Gasteiger partial charge is 0.417 e. The summed E-state index contributed by atoms with van der Waals surface area (Å²) in [6, 6.07) is 9.15. The third kappa shape index (κ3) is 4.50. The molecule has 0 aliphatic heterocycles. The molecule has 136 valence electrons. The molecule has 0 aliphatic carbocycles. The van der Waals surface area contributed by atoms with Crippen LogP contribution in [0.3, 0.4) is 0 Å². The average molecular weight is 364 g/mol. The number of hydrogen-bond donors (Lipinski definition) is 0. The van der Waals surface area contributed by atoms with Gasteiger partial charge in [-0.15, -0.1) is 0 Å². The molecule has 4 nitrogen and oxygen atoms in total. The van der Waals surface area contributed by atoms with Gasteiger partial charge in [0, 0.05) is 24.1 Å². The highest BCUT2D eigenvalue weighted by molar-refractivity contribution is 6.14. The van der Waals surface area contributed by atoms with Crippen LogP contribution in [0.2, 0.25) is 0 Å². The summed E-state index contributed by atoms with van der Waals surface area (Å²) in [5.41, 5.74) is -0.936. The number of halogens is 3. The summed E-state index contributed by atoms with van der Waals surface area (Å²) < 4.78 is 49.7. The van der Waals surface area contributed by atoms with Crippen LogP contribution in [0.1, 0.15) is 23.6 Å². The molecule has 0 saturated carbocycles. The standard InChI is InChI=1S/C19H15F3O4/c1-12(24)26-15-8-7-13(18(10-15)25-2)9-14(11-23)16-5-3-4-6-17(16)19(20,21)22/h3-11H,1-2H3/b14-9+. The number of methoxy groups -OCH3 is 1. The third-order valence-corrected chi connectivity index (χ3v) is 3.45. The summed E-state index contributed by atoms with van der Waals surface area (Å²) in [7, 11) is 1.36. The van der Waals surface area contributed by atoms with Gasteiger partial charge in [0.15, 0.2) is 6.29 Å². The molecule has 26 heavy (non-hydrogen) atoms. The number of ether oxygens (including phenoxy) is 2. The van der Waals surface area contributed by atoms with Crippen molar-refractivity contribution in [1.29, 1.82) is 0 Å². The lowest BCUT2D eigenvalue weighted by molar-refractivity contribution is -0.137. The highest BCUT2D eigenvalue weighted by Gasteiger charge is 2.33. The largest absolute Gasteiger partial charge is 0.496 e. The Kier molecular flexibility index (Phi) is 5.82. The first kappa shape index (κ1) is 19.2. The number of aldehydes is 1. The Morgan fingerprint density at radius 2 is 1.81 bits per heavy atom. The van der Waals surface area contributed by atoms with E-state index in [1.807, 2.05) is 0 Å². The molecule has 0 saturated heterocycles. The molecule has 2 aromatic rings. The summed E-state index contributed by atoms with van der Waals surface area (Å²) in [4.78, 5) is 22.5. The normalized spacial score (nSPS) is 11.8. The molecule has 7 heteroatoms. The Balaban J connectivity index is 2.54. The third-order valence-electron chi connectivity index (χ3n) is 3.45. The van der Waals surface area contributed by atoms with Gasteiger partial charge in [-0.3, -0.25) is 9.59 Å². The molecule has 0 bridgehead atoms. The van der Waals surface area contributed by atoms with Gasteiger partial charge in [-0.05, 0) is 29.8 Å². The van der Waals surface area contributed by atoms with Crippen molar-refractivity contribution >= 4 is 23.9 Å². The van der Waals surface area contributed by atoms with E-state index in [-0.39, 0.29) is 22.6 Å². The minimum Gasteiger partial charge on any atom is -0.496 e. The zero-order valence-electron chi connectivity index (χ0n) is 14.0. The molecule has 0 fully saturated rings. The maximum atomic E-state index is 13.2. The van der Waals surface area contributed by atoms with Crippen LogP contribution in [-0.4, -0.2) is 19.4 Å². The maximum Gasteiger partial charge on any atom is 0.417 e. The van der Waals surface area contributed by atoms with Crippen LogP contribution >= 0.6 is 0 Å². The van der Waals surface area contributed by atoms with E-state index in [1.165, 1.54) is 56.5 Å². The predicted octanol–water partition coefficient (Wildman–Crippen LogP) is 4.38. The Morgan fingerprint density at radius 1 is 1.12 bits per heavy atom. The quantitative estimate of drug-likeness (QED) is 0.260. The number of rotatable bonds is 5. The van der Waals surface area contributed by atoms with Crippen LogP contribution < -0.4 is 9.47 Å². The lowest BCUT2D eigenvalue weighted by atomic mass is 9.98. The molecule has 0 spiro atoms. The van der Waals surface area contributed by atoms with Gasteiger partial charge >= 0.3 is 12.1 Å². The van der Waals surface area contributed by atoms with Crippen LogP contribution in [0.4, 0.5) is 13.2 Å². The minimum absolute atomic E-state index is 0.156. The number of carbonyl (C=O) groups is 2. The molecule has 0 unspecified atom stereocenters. The number of esters is 1. The molecule has 0 N–H and O–H groups in total. The van der Waals surface area contributed by atoms with Crippen LogP contribution in [0, 0.1) is 0 Å². The van der Waals surface area contributed by atoms with Crippen molar-refractivity contribution in [2.75, 3.05) is 7.11 Å². The second kappa shape index (κ2) is 7.86. The molecule has 2 rings (SSSR count).